The molecule has 1 unspecified atom stereocenters. The Hall–Kier alpha value is -1.30. The molecule has 0 aliphatic heterocycles. The third kappa shape index (κ3) is 5.36. The van der Waals surface area contributed by atoms with Gasteiger partial charge in [0.15, 0.2) is 6.10 Å². The second kappa shape index (κ2) is 8.09. The number of ether oxygens (including phenoxy) is 1. The Balaban J connectivity index is 2.39. The van der Waals surface area contributed by atoms with Gasteiger partial charge in [-0.05, 0) is 24.1 Å². The Morgan fingerprint density at radius 2 is 2.05 bits per heavy atom. The molecule has 0 aliphatic rings. The van der Waals surface area contributed by atoms with Crippen LogP contribution < -0.4 is 5.32 Å². The topological polar surface area (TPSA) is 75.6 Å². The highest BCUT2D eigenvalue weighted by Gasteiger charge is 2.16. The van der Waals surface area contributed by atoms with Crippen LogP contribution in [0.3, 0.4) is 0 Å². The second-order valence-electron chi connectivity index (χ2n) is 4.12. The van der Waals surface area contributed by atoms with Crippen molar-refractivity contribution in [2.75, 3.05) is 13.7 Å². The first kappa shape index (κ1) is 16.8. The zero-order valence-corrected chi connectivity index (χ0v) is 12.4. The van der Waals surface area contributed by atoms with Gasteiger partial charge in [-0.15, -0.1) is 0 Å². The summed E-state index contributed by atoms with van der Waals surface area (Å²) in [7, 11) is 1.28. The molecule has 20 heavy (non-hydrogen) atoms. The monoisotopic (exact) mass is 319 g/mol. The van der Waals surface area contributed by atoms with E-state index in [1.165, 1.54) is 7.11 Å². The summed E-state index contributed by atoms with van der Waals surface area (Å²) in [5.74, 6) is -1.36. The van der Waals surface area contributed by atoms with Crippen molar-refractivity contribution in [2.45, 2.75) is 18.9 Å². The highest BCUT2D eigenvalue weighted by atomic mass is 35.5. The lowest BCUT2D eigenvalue weighted by Gasteiger charge is -2.11. The summed E-state index contributed by atoms with van der Waals surface area (Å²) in [5, 5.41) is 12.2. The molecule has 1 aromatic carbocycles. The van der Waals surface area contributed by atoms with Gasteiger partial charge in [-0.2, -0.15) is 0 Å². The van der Waals surface area contributed by atoms with Crippen LogP contribution in [0.1, 0.15) is 12.0 Å². The lowest BCUT2D eigenvalue weighted by molar-refractivity contribution is -0.148. The van der Waals surface area contributed by atoms with Crippen molar-refractivity contribution >= 4 is 35.1 Å². The maximum Gasteiger partial charge on any atom is 0.334 e. The van der Waals surface area contributed by atoms with Crippen LogP contribution in [0.25, 0.3) is 0 Å². The van der Waals surface area contributed by atoms with Crippen LogP contribution in [0.5, 0.6) is 0 Å². The summed E-state index contributed by atoms with van der Waals surface area (Å²) < 4.78 is 4.71. The quantitative estimate of drug-likeness (QED) is 0.807. The molecule has 0 saturated heterocycles. The fraction of sp³-hybridized carbons (Fsp3) is 0.385. The summed E-state index contributed by atoms with van der Waals surface area (Å²) >= 11 is 11.7. The Morgan fingerprint density at radius 1 is 1.35 bits per heavy atom. The SMILES string of the molecule is COC(CNC(=O)CCc1ccc(Cl)c(Cl)c1)C(=O)O. The van der Waals surface area contributed by atoms with Gasteiger partial charge in [-0.25, -0.2) is 4.79 Å². The predicted molar refractivity (Wildman–Crippen MR) is 76.2 cm³/mol. The summed E-state index contributed by atoms with van der Waals surface area (Å²) in [6, 6.07) is 5.16. The van der Waals surface area contributed by atoms with Gasteiger partial charge < -0.3 is 15.2 Å². The molecule has 0 fully saturated rings. The third-order valence-electron chi connectivity index (χ3n) is 2.67. The number of aryl methyl sites for hydroxylation is 1. The van der Waals surface area contributed by atoms with Crippen LogP contribution in [-0.4, -0.2) is 36.7 Å². The first-order chi connectivity index (χ1) is 9.43. The van der Waals surface area contributed by atoms with E-state index in [0.717, 1.165) is 5.56 Å². The number of halogens is 2. The number of nitrogens with one attached hydrogen (secondary N) is 1. The number of carbonyl (C=O) groups excluding carboxylic acids is 1. The molecule has 0 saturated carbocycles. The standard InChI is InChI=1S/C13H15Cl2NO4/c1-20-11(13(18)19)7-16-12(17)5-3-8-2-4-9(14)10(15)6-8/h2,4,6,11H,3,5,7H2,1H3,(H,16,17)(H,18,19). The summed E-state index contributed by atoms with van der Waals surface area (Å²) in [4.78, 5) is 22.3. The number of rotatable bonds is 7. The van der Waals surface area contributed by atoms with E-state index >= 15 is 0 Å². The Labute approximate surface area is 126 Å². The molecular weight excluding hydrogens is 305 g/mol. The molecule has 110 valence electrons. The van der Waals surface area contributed by atoms with E-state index in [9.17, 15) is 9.59 Å². The zero-order chi connectivity index (χ0) is 15.1. The van der Waals surface area contributed by atoms with E-state index in [4.69, 9.17) is 33.0 Å². The minimum absolute atomic E-state index is 0.0635. The molecule has 1 atom stereocenters. The minimum Gasteiger partial charge on any atom is -0.479 e. The number of hydrogen-bond donors (Lipinski definition) is 2. The van der Waals surface area contributed by atoms with E-state index in [2.05, 4.69) is 5.32 Å². The van der Waals surface area contributed by atoms with E-state index in [0.29, 0.717) is 16.5 Å². The van der Waals surface area contributed by atoms with Gasteiger partial charge >= 0.3 is 5.97 Å². The summed E-state index contributed by atoms with van der Waals surface area (Å²) in [6.45, 7) is -0.0635. The smallest absolute Gasteiger partial charge is 0.334 e. The fourth-order valence-corrected chi connectivity index (χ4v) is 1.84. The number of carbonyl (C=O) groups is 2. The lowest BCUT2D eigenvalue weighted by atomic mass is 10.1. The van der Waals surface area contributed by atoms with Gasteiger partial charge in [-0.3, -0.25) is 4.79 Å². The van der Waals surface area contributed by atoms with Crippen molar-refractivity contribution in [3.05, 3.63) is 33.8 Å². The molecule has 0 heterocycles. The van der Waals surface area contributed by atoms with Gasteiger partial charge in [0.05, 0.1) is 16.6 Å². The number of carboxylic acid groups (broad SMARTS) is 1. The number of amides is 1. The normalized spacial score (nSPS) is 11.9. The van der Waals surface area contributed by atoms with E-state index < -0.39 is 12.1 Å². The van der Waals surface area contributed by atoms with Gasteiger partial charge in [0.25, 0.3) is 0 Å². The molecule has 2 N–H and O–H groups in total. The van der Waals surface area contributed by atoms with Crippen LogP contribution in [-0.2, 0) is 20.7 Å². The largest absolute Gasteiger partial charge is 0.479 e. The maximum absolute atomic E-state index is 11.6. The first-order valence-corrected chi connectivity index (χ1v) is 6.66. The average molecular weight is 320 g/mol. The van der Waals surface area contributed by atoms with Crippen molar-refractivity contribution in [3.63, 3.8) is 0 Å². The number of carboxylic acids is 1. The highest BCUT2D eigenvalue weighted by molar-refractivity contribution is 6.42. The maximum atomic E-state index is 11.6. The Kier molecular flexibility index (Phi) is 6.78. The molecule has 1 amide bonds. The summed E-state index contributed by atoms with van der Waals surface area (Å²) in [6.07, 6.45) is -0.314. The van der Waals surface area contributed by atoms with Gasteiger partial charge in [0, 0.05) is 13.5 Å². The van der Waals surface area contributed by atoms with Crippen LogP contribution in [0, 0.1) is 0 Å². The van der Waals surface area contributed by atoms with Gasteiger partial charge in [-0.1, -0.05) is 29.3 Å². The van der Waals surface area contributed by atoms with E-state index in [1.54, 1.807) is 18.2 Å². The number of benzene rings is 1. The fourth-order valence-electron chi connectivity index (χ4n) is 1.52. The van der Waals surface area contributed by atoms with Crippen molar-refractivity contribution in [3.8, 4) is 0 Å². The molecule has 0 aromatic heterocycles. The van der Waals surface area contributed by atoms with Gasteiger partial charge in [0.2, 0.25) is 5.91 Å². The average Bonchev–Trinajstić information content (AvgIpc) is 2.40. The molecule has 0 aliphatic carbocycles. The molecule has 0 spiro atoms. The number of aliphatic carboxylic acids is 1. The van der Waals surface area contributed by atoms with Crippen molar-refractivity contribution in [1.82, 2.24) is 5.32 Å². The summed E-state index contributed by atoms with van der Waals surface area (Å²) in [5.41, 5.74) is 0.885. The molecule has 1 aromatic rings. The Morgan fingerprint density at radius 3 is 2.60 bits per heavy atom. The van der Waals surface area contributed by atoms with Crippen molar-refractivity contribution in [2.24, 2.45) is 0 Å². The van der Waals surface area contributed by atoms with Crippen LogP contribution in [0.15, 0.2) is 18.2 Å². The lowest BCUT2D eigenvalue weighted by Crippen LogP contribution is -2.37. The molecule has 0 bridgehead atoms. The molecular formula is C13H15Cl2NO4. The molecule has 1 rings (SSSR count). The molecule has 7 heteroatoms. The van der Waals surface area contributed by atoms with Crippen molar-refractivity contribution in [1.29, 1.82) is 0 Å². The number of methoxy groups -OCH3 is 1. The number of hydrogen-bond acceptors (Lipinski definition) is 3. The van der Waals surface area contributed by atoms with Gasteiger partial charge in [0.1, 0.15) is 0 Å². The zero-order valence-electron chi connectivity index (χ0n) is 10.9. The van der Waals surface area contributed by atoms with Crippen molar-refractivity contribution < 1.29 is 19.4 Å². The van der Waals surface area contributed by atoms with Crippen LogP contribution >= 0.6 is 23.2 Å². The third-order valence-corrected chi connectivity index (χ3v) is 3.41. The van der Waals surface area contributed by atoms with Crippen LogP contribution in [0.4, 0.5) is 0 Å². The first-order valence-electron chi connectivity index (χ1n) is 5.90. The van der Waals surface area contributed by atoms with E-state index in [1.807, 2.05) is 0 Å². The Bertz CT molecular complexity index is 493. The highest BCUT2D eigenvalue weighted by Crippen LogP contribution is 2.23. The predicted octanol–water partition coefficient (Wildman–Crippen LogP) is 2.14. The van der Waals surface area contributed by atoms with Crippen LogP contribution in [0.2, 0.25) is 10.0 Å². The van der Waals surface area contributed by atoms with E-state index in [-0.39, 0.29) is 18.9 Å². The molecule has 5 nitrogen and oxygen atoms in total. The molecule has 0 radical (unpaired) electrons. The minimum atomic E-state index is -1.11. The second-order valence-corrected chi connectivity index (χ2v) is 4.93.